The molecular weight excluding hydrogens is 479 g/mol. The van der Waals surface area contributed by atoms with Gasteiger partial charge in [-0.05, 0) is 0 Å². The van der Waals surface area contributed by atoms with Crippen LogP contribution in [0.4, 0.5) is 0 Å². The van der Waals surface area contributed by atoms with Crippen molar-refractivity contribution in [1.29, 1.82) is 0 Å². The van der Waals surface area contributed by atoms with E-state index in [0.717, 1.165) is 38.3 Å². The maximum atomic E-state index is 10.2. The number of phenolic OH excluding ortho intramolecular Hbond substituents is 4. The molecule has 0 aliphatic heterocycles. The van der Waals surface area contributed by atoms with E-state index in [1.807, 2.05) is 0 Å². The predicted molar refractivity (Wildman–Crippen MR) is 156 cm³/mol. The molecule has 0 heterocycles. The molecule has 0 saturated carbocycles. The number of aromatic hydroxyl groups is 4. The second-order valence-electron chi connectivity index (χ2n) is 9.77. The van der Waals surface area contributed by atoms with Crippen molar-refractivity contribution >= 4 is 23.2 Å². The zero-order valence-electron chi connectivity index (χ0n) is 21.4. The first-order valence-corrected chi connectivity index (χ1v) is 15.3. The van der Waals surface area contributed by atoms with E-state index in [2.05, 4.69) is 91.0 Å². The van der Waals surface area contributed by atoms with E-state index >= 15 is 0 Å². The van der Waals surface area contributed by atoms with E-state index in [1.165, 1.54) is 15.9 Å². The standard InChI is InChI=1S/C32H37O4P/c1-24-28(30(34)32(36)31(35)29(24)33)22-14-3-2-4-15-23-37(25-16-8-5-9-17-25,26-18-10-6-11-19-26)27-20-12-7-13-21-27/h5-13,16-21,33-37H,2-4,14-15,22-23H2,1H3. The van der Waals surface area contributed by atoms with Crippen LogP contribution >= 0.6 is 7.26 Å². The number of hydrogen-bond donors (Lipinski definition) is 4. The SMILES string of the molecule is Cc1c(O)c(O)c(O)c(O)c1CCCCCCC[PH](c1ccccc1)(c1ccccc1)c1ccccc1. The third-order valence-electron chi connectivity index (χ3n) is 7.54. The van der Waals surface area contributed by atoms with Crippen LogP contribution in [0.2, 0.25) is 0 Å². The number of unbranched alkanes of at least 4 members (excludes halogenated alkanes) is 4. The zero-order valence-corrected chi connectivity index (χ0v) is 22.4. The maximum absolute atomic E-state index is 10.2. The Kier molecular flexibility index (Phi) is 8.74. The van der Waals surface area contributed by atoms with Crippen LogP contribution in [0.15, 0.2) is 91.0 Å². The second kappa shape index (κ2) is 12.2. The summed E-state index contributed by atoms with van der Waals surface area (Å²) in [7, 11) is -2.19. The fourth-order valence-electron chi connectivity index (χ4n) is 5.49. The molecule has 0 atom stereocenters. The zero-order chi connectivity index (χ0) is 26.3. The van der Waals surface area contributed by atoms with Gasteiger partial charge in [0.15, 0.2) is 0 Å². The van der Waals surface area contributed by atoms with Crippen molar-refractivity contribution < 1.29 is 20.4 Å². The predicted octanol–water partition coefficient (Wildman–Crippen LogP) is 6.04. The van der Waals surface area contributed by atoms with Crippen molar-refractivity contribution in [1.82, 2.24) is 0 Å². The molecule has 194 valence electrons. The number of rotatable bonds is 11. The summed E-state index contributed by atoms with van der Waals surface area (Å²) in [5.74, 6) is -2.02. The summed E-state index contributed by atoms with van der Waals surface area (Å²) in [6, 6.07) is 33.0. The fourth-order valence-corrected chi connectivity index (χ4v) is 10.4. The van der Waals surface area contributed by atoms with Crippen LogP contribution < -0.4 is 15.9 Å². The molecule has 4 rings (SSSR count). The summed E-state index contributed by atoms with van der Waals surface area (Å²) in [5.41, 5.74) is 0.911. The molecule has 0 spiro atoms. The molecule has 0 aromatic heterocycles. The van der Waals surface area contributed by atoms with Crippen LogP contribution in [-0.4, -0.2) is 26.6 Å². The Morgan fingerprint density at radius 3 is 1.38 bits per heavy atom. The first kappa shape index (κ1) is 26.6. The first-order valence-electron chi connectivity index (χ1n) is 13.1. The van der Waals surface area contributed by atoms with E-state index in [4.69, 9.17) is 0 Å². The molecule has 4 nitrogen and oxygen atoms in total. The van der Waals surface area contributed by atoms with Crippen molar-refractivity contribution in [3.05, 3.63) is 102 Å². The summed E-state index contributed by atoms with van der Waals surface area (Å²) in [6.07, 6.45) is 6.78. The average molecular weight is 517 g/mol. The minimum absolute atomic E-state index is 0.336. The molecule has 0 fully saturated rings. The monoisotopic (exact) mass is 516 g/mol. The van der Waals surface area contributed by atoms with Gasteiger partial charge in [0.05, 0.1) is 0 Å². The Hall–Kier alpha value is -3.49. The van der Waals surface area contributed by atoms with Gasteiger partial charge >= 0.3 is 220 Å². The Balaban J connectivity index is 1.45. The molecule has 4 N–H and O–H groups in total. The van der Waals surface area contributed by atoms with Crippen LogP contribution in [0.5, 0.6) is 23.0 Å². The topological polar surface area (TPSA) is 80.9 Å². The molecule has 0 aliphatic rings. The van der Waals surface area contributed by atoms with Crippen molar-refractivity contribution in [3.63, 3.8) is 0 Å². The molecule has 5 heteroatoms. The van der Waals surface area contributed by atoms with E-state index in [0.29, 0.717) is 17.5 Å². The summed E-state index contributed by atoms with van der Waals surface area (Å²) in [4.78, 5) is 0. The van der Waals surface area contributed by atoms with Crippen molar-refractivity contribution in [2.75, 3.05) is 6.16 Å². The van der Waals surface area contributed by atoms with Gasteiger partial charge in [-0.3, -0.25) is 0 Å². The van der Waals surface area contributed by atoms with Gasteiger partial charge in [-0.15, -0.1) is 0 Å². The van der Waals surface area contributed by atoms with Gasteiger partial charge in [-0.25, -0.2) is 0 Å². The number of hydrogen-bond acceptors (Lipinski definition) is 4. The molecule has 0 saturated heterocycles. The first-order chi connectivity index (χ1) is 18.0. The fraction of sp³-hybridized carbons (Fsp3) is 0.250. The molecule has 0 amide bonds. The van der Waals surface area contributed by atoms with Crippen LogP contribution in [0.25, 0.3) is 0 Å². The minimum atomic E-state index is -2.19. The molecule has 0 aliphatic carbocycles. The van der Waals surface area contributed by atoms with Crippen LogP contribution in [0.3, 0.4) is 0 Å². The molecular formula is C32H37O4P. The summed E-state index contributed by atoms with van der Waals surface area (Å²) in [5, 5.41) is 44.1. The van der Waals surface area contributed by atoms with Crippen LogP contribution in [0, 0.1) is 6.92 Å². The number of benzene rings is 4. The number of phenols is 4. The summed E-state index contributed by atoms with van der Waals surface area (Å²) >= 11 is 0. The quantitative estimate of drug-likeness (QED) is 0.0849. The third-order valence-corrected chi connectivity index (χ3v) is 12.6. The van der Waals surface area contributed by atoms with Gasteiger partial charge in [0, 0.05) is 0 Å². The van der Waals surface area contributed by atoms with Crippen molar-refractivity contribution in [3.8, 4) is 23.0 Å². The van der Waals surface area contributed by atoms with Crippen molar-refractivity contribution in [2.45, 2.75) is 45.4 Å². The average Bonchev–Trinajstić information content (AvgIpc) is 2.95. The third kappa shape index (κ3) is 5.60. The van der Waals surface area contributed by atoms with Gasteiger partial charge in [0.25, 0.3) is 0 Å². The molecule has 0 bridgehead atoms. The second-order valence-corrected chi connectivity index (χ2v) is 13.8. The van der Waals surface area contributed by atoms with E-state index in [-0.39, 0.29) is 11.5 Å². The van der Waals surface area contributed by atoms with Crippen LogP contribution in [0.1, 0.15) is 43.2 Å². The van der Waals surface area contributed by atoms with Gasteiger partial charge in [-0.1, -0.05) is 0 Å². The molecule has 0 unspecified atom stereocenters. The van der Waals surface area contributed by atoms with Crippen LogP contribution in [-0.2, 0) is 6.42 Å². The van der Waals surface area contributed by atoms with E-state index in [1.54, 1.807) is 6.92 Å². The van der Waals surface area contributed by atoms with Gasteiger partial charge in [0.1, 0.15) is 0 Å². The Morgan fingerprint density at radius 1 is 0.486 bits per heavy atom. The Labute approximate surface area is 220 Å². The van der Waals surface area contributed by atoms with Gasteiger partial charge in [0.2, 0.25) is 0 Å². The van der Waals surface area contributed by atoms with Gasteiger partial charge < -0.3 is 0 Å². The Morgan fingerprint density at radius 2 is 0.892 bits per heavy atom. The summed E-state index contributed by atoms with van der Waals surface area (Å²) in [6.45, 7) is 1.64. The molecule has 37 heavy (non-hydrogen) atoms. The summed E-state index contributed by atoms with van der Waals surface area (Å²) < 4.78 is 0. The van der Waals surface area contributed by atoms with E-state index < -0.39 is 18.8 Å². The van der Waals surface area contributed by atoms with E-state index in [9.17, 15) is 20.4 Å². The normalized spacial score (nSPS) is 11.9. The molecule has 4 aromatic carbocycles. The molecule has 0 radical (unpaired) electrons. The van der Waals surface area contributed by atoms with Crippen molar-refractivity contribution in [2.24, 2.45) is 0 Å². The van der Waals surface area contributed by atoms with Gasteiger partial charge in [-0.2, -0.15) is 0 Å². The molecule has 4 aromatic rings. The Bertz CT molecular complexity index is 1170.